The SMILES string of the molecule is Oc1c(F)cccc1CNc1ccc(Cl)cc1I. The van der Waals surface area contributed by atoms with Crippen LogP contribution in [0, 0.1) is 9.39 Å². The summed E-state index contributed by atoms with van der Waals surface area (Å²) < 4.78 is 14.1. The zero-order chi connectivity index (χ0) is 13.1. The van der Waals surface area contributed by atoms with E-state index in [9.17, 15) is 9.50 Å². The molecule has 2 N–H and O–H groups in total. The second-order valence-electron chi connectivity index (χ2n) is 3.73. The molecule has 2 aromatic carbocycles. The highest BCUT2D eigenvalue weighted by Crippen LogP contribution is 2.25. The van der Waals surface area contributed by atoms with Crippen molar-refractivity contribution in [2.75, 3.05) is 5.32 Å². The van der Waals surface area contributed by atoms with Crippen molar-refractivity contribution in [2.24, 2.45) is 0 Å². The van der Waals surface area contributed by atoms with Crippen molar-refractivity contribution in [3.05, 3.63) is 56.4 Å². The van der Waals surface area contributed by atoms with Crippen molar-refractivity contribution in [2.45, 2.75) is 6.54 Å². The molecule has 0 aliphatic rings. The number of phenolic OH excluding ortho intramolecular Hbond substituents is 1. The van der Waals surface area contributed by atoms with E-state index >= 15 is 0 Å². The molecule has 0 aliphatic carbocycles. The van der Waals surface area contributed by atoms with Gasteiger partial charge in [0.1, 0.15) is 0 Å². The Bertz CT molecular complexity index is 577. The zero-order valence-electron chi connectivity index (χ0n) is 9.25. The number of halogens is 3. The number of phenols is 1. The van der Waals surface area contributed by atoms with Crippen LogP contribution >= 0.6 is 34.2 Å². The summed E-state index contributed by atoms with van der Waals surface area (Å²) in [5, 5.41) is 13.3. The molecule has 0 saturated heterocycles. The van der Waals surface area contributed by atoms with Crippen LogP contribution in [0.2, 0.25) is 5.02 Å². The first-order valence-corrected chi connectivity index (χ1v) is 6.69. The minimum absolute atomic E-state index is 0.311. The second kappa shape index (κ2) is 5.75. The number of para-hydroxylation sites is 1. The van der Waals surface area contributed by atoms with Gasteiger partial charge in [0.25, 0.3) is 0 Å². The lowest BCUT2D eigenvalue weighted by atomic mass is 10.2. The number of anilines is 1. The standard InChI is InChI=1S/C13H10ClFINO/c14-9-4-5-12(11(16)6-9)17-7-8-2-1-3-10(15)13(8)18/h1-6,17-18H,7H2. The van der Waals surface area contributed by atoms with Gasteiger partial charge in [-0.25, -0.2) is 4.39 Å². The molecule has 0 aliphatic heterocycles. The van der Waals surface area contributed by atoms with Crippen molar-refractivity contribution in [1.82, 2.24) is 0 Å². The summed E-state index contributed by atoms with van der Waals surface area (Å²) in [5.41, 5.74) is 1.41. The minimum Gasteiger partial charge on any atom is -0.505 e. The van der Waals surface area contributed by atoms with Gasteiger partial charge in [0.2, 0.25) is 0 Å². The molecule has 0 unspecified atom stereocenters. The van der Waals surface area contributed by atoms with Crippen LogP contribution in [0.3, 0.4) is 0 Å². The van der Waals surface area contributed by atoms with Crippen molar-refractivity contribution < 1.29 is 9.50 Å². The van der Waals surface area contributed by atoms with Gasteiger partial charge in [-0.3, -0.25) is 0 Å². The molecule has 2 nitrogen and oxygen atoms in total. The molecule has 0 saturated carbocycles. The van der Waals surface area contributed by atoms with E-state index in [-0.39, 0.29) is 5.75 Å². The van der Waals surface area contributed by atoms with E-state index in [0.717, 1.165) is 9.26 Å². The molecule has 0 aromatic heterocycles. The maximum absolute atomic E-state index is 13.1. The quantitative estimate of drug-likeness (QED) is 0.777. The molecule has 94 valence electrons. The Hall–Kier alpha value is -1.01. The molecule has 2 rings (SSSR count). The summed E-state index contributed by atoms with van der Waals surface area (Å²) in [6, 6.07) is 9.92. The van der Waals surface area contributed by atoms with E-state index in [2.05, 4.69) is 27.9 Å². The van der Waals surface area contributed by atoms with Crippen LogP contribution in [0.25, 0.3) is 0 Å². The fourth-order valence-electron chi connectivity index (χ4n) is 1.53. The molecular weight excluding hydrogens is 368 g/mol. The Kier molecular flexibility index (Phi) is 4.29. The monoisotopic (exact) mass is 377 g/mol. The topological polar surface area (TPSA) is 32.3 Å². The van der Waals surface area contributed by atoms with E-state index < -0.39 is 5.82 Å². The maximum Gasteiger partial charge on any atom is 0.165 e. The molecule has 18 heavy (non-hydrogen) atoms. The Morgan fingerprint density at radius 3 is 2.78 bits per heavy atom. The maximum atomic E-state index is 13.1. The Morgan fingerprint density at radius 2 is 2.06 bits per heavy atom. The van der Waals surface area contributed by atoms with Crippen LogP contribution in [0.5, 0.6) is 5.75 Å². The first-order chi connectivity index (χ1) is 8.58. The lowest BCUT2D eigenvalue weighted by molar-refractivity contribution is 0.427. The highest BCUT2D eigenvalue weighted by Gasteiger charge is 2.07. The van der Waals surface area contributed by atoms with Crippen LogP contribution in [-0.2, 0) is 6.54 Å². The average molecular weight is 378 g/mol. The van der Waals surface area contributed by atoms with Gasteiger partial charge in [-0.1, -0.05) is 23.7 Å². The number of hydrogen-bond acceptors (Lipinski definition) is 2. The van der Waals surface area contributed by atoms with Gasteiger partial charge in [-0.05, 0) is 46.9 Å². The smallest absolute Gasteiger partial charge is 0.165 e. The van der Waals surface area contributed by atoms with E-state index in [1.54, 1.807) is 18.2 Å². The molecule has 5 heteroatoms. The van der Waals surface area contributed by atoms with Crippen LogP contribution in [0.4, 0.5) is 10.1 Å². The fraction of sp³-hybridized carbons (Fsp3) is 0.0769. The molecule has 0 bridgehead atoms. The van der Waals surface area contributed by atoms with Crippen molar-refractivity contribution in [3.8, 4) is 5.75 Å². The van der Waals surface area contributed by atoms with Crippen LogP contribution in [0.15, 0.2) is 36.4 Å². The van der Waals surface area contributed by atoms with Gasteiger partial charge >= 0.3 is 0 Å². The van der Waals surface area contributed by atoms with E-state index in [1.807, 2.05) is 12.1 Å². The molecule has 0 radical (unpaired) electrons. The first-order valence-electron chi connectivity index (χ1n) is 5.23. The largest absolute Gasteiger partial charge is 0.505 e. The Morgan fingerprint density at radius 1 is 1.28 bits per heavy atom. The van der Waals surface area contributed by atoms with Crippen LogP contribution in [-0.4, -0.2) is 5.11 Å². The number of aromatic hydroxyl groups is 1. The van der Waals surface area contributed by atoms with Gasteiger partial charge < -0.3 is 10.4 Å². The summed E-state index contributed by atoms with van der Waals surface area (Å²) in [6.07, 6.45) is 0. The fourth-order valence-corrected chi connectivity index (χ4v) is 2.59. The van der Waals surface area contributed by atoms with Crippen molar-refractivity contribution in [1.29, 1.82) is 0 Å². The van der Waals surface area contributed by atoms with Gasteiger partial charge in [0, 0.05) is 26.4 Å². The molecule has 2 aromatic rings. The number of benzene rings is 2. The lowest BCUT2D eigenvalue weighted by Gasteiger charge is -2.10. The number of rotatable bonds is 3. The highest BCUT2D eigenvalue weighted by atomic mass is 127. The highest BCUT2D eigenvalue weighted by molar-refractivity contribution is 14.1. The molecule has 0 amide bonds. The second-order valence-corrected chi connectivity index (χ2v) is 5.32. The third kappa shape index (κ3) is 3.05. The summed E-state index contributed by atoms with van der Waals surface area (Å²) in [4.78, 5) is 0. The third-order valence-electron chi connectivity index (χ3n) is 2.47. The van der Waals surface area contributed by atoms with E-state index in [0.29, 0.717) is 17.1 Å². The molecule has 0 fully saturated rings. The van der Waals surface area contributed by atoms with Gasteiger partial charge in [0.15, 0.2) is 11.6 Å². The van der Waals surface area contributed by atoms with Crippen LogP contribution in [0.1, 0.15) is 5.56 Å². The van der Waals surface area contributed by atoms with E-state index in [1.165, 1.54) is 6.07 Å². The summed E-state index contributed by atoms with van der Waals surface area (Å²) in [6.45, 7) is 0.348. The van der Waals surface area contributed by atoms with Crippen LogP contribution < -0.4 is 5.32 Å². The Balaban J connectivity index is 2.14. The Labute approximate surface area is 123 Å². The molecular formula is C13H10ClFINO. The summed E-state index contributed by atoms with van der Waals surface area (Å²) in [7, 11) is 0. The molecule has 0 heterocycles. The van der Waals surface area contributed by atoms with Gasteiger partial charge in [0.05, 0.1) is 0 Å². The van der Waals surface area contributed by atoms with Crippen molar-refractivity contribution in [3.63, 3.8) is 0 Å². The predicted octanol–water partition coefficient (Wildman–Crippen LogP) is 4.40. The molecule has 0 spiro atoms. The average Bonchev–Trinajstić information content (AvgIpc) is 2.33. The first kappa shape index (κ1) is 13.4. The number of nitrogens with one attached hydrogen (secondary N) is 1. The van der Waals surface area contributed by atoms with E-state index in [4.69, 9.17) is 11.6 Å². The predicted molar refractivity (Wildman–Crippen MR) is 79.6 cm³/mol. The normalized spacial score (nSPS) is 10.4. The minimum atomic E-state index is -0.611. The van der Waals surface area contributed by atoms with Gasteiger partial charge in [-0.2, -0.15) is 0 Å². The molecule has 0 atom stereocenters. The zero-order valence-corrected chi connectivity index (χ0v) is 12.2. The van der Waals surface area contributed by atoms with Crippen molar-refractivity contribution >= 4 is 39.9 Å². The van der Waals surface area contributed by atoms with Gasteiger partial charge in [-0.15, -0.1) is 0 Å². The summed E-state index contributed by atoms with van der Waals surface area (Å²) in [5.74, 6) is -0.922. The third-order valence-corrected chi connectivity index (χ3v) is 3.60. The number of hydrogen-bond donors (Lipinski definition) is 2. The lowest BCUT2D eigenvalue weighted by Crippen LogP contribution is -2.01. The summed E-state index contributed by atoms with van der Waals surface area (Å²) >= 11 is 8.02.